The second-order valence-corrected chi connectivity index (χ2v) is 6.46. The number of para-hydroxylation sites is 1. The summed E-state index contributed by atoms with van der Waals surface area (Å²) in [5, 5.41) is 16.8. The molecule has 2 heterocycles. The van der Waals surface area contributed by atoms with Gasteiger partial charge in [0.1, 0.15) is 6.04 Å². The fourth-order valence-corrected chi connectivity index (χ4v) is 3.28. The van der Waals surface area contributed by atoms with Gasteiger partial charge in [0.15, 0.2) is 0 Å². The second-order valence-electron chi connectivity index (χ2n) is 6.46. The summed E-state index contributed by atoms with van der Waals surface area (Å²) in [5.41, 5.74) is 1.98. The quantitative estimate of drug-likeness (QED) is 0.628. The van der Waals surface area contributed by atoms with Crippen molar-refractivity contribution < 1.29 is 14.7 Å². The van der Waals surface area contributed by atoms with Gasteiger partial charge >= 0.3 is 0 Å². The number of carbonyl (C=O) groups is 2. The molecule has 2 unspecified atom stereocenters. The number of aliphatic hydroxyl groups excluding tert-OH is 1. The van der Waals surface area contributed by atoms with E-state index in [0.717, 1.165) is 16.5 Å². The number of benzene rings is 1. The zero-order valence-electron chi connectivity index (χ0n) is 14.3. The first-order valence-corrected chi connectivity index (χ1v) is 8.54. The Labute approximate surface area is 146 Å². The van der Waals surface area contributed by atoms with Crippen LogP contribution in [-0.2, 0) is 16.0 Å². The molecule has 0 saturated carbocycles. The summed E-state index contributed by atoms with van der Waals surface area (Å²) in [5.74, 6) is -0.407. The number of rotatable bonds is 4. The van der Waals surface area contributed by atoms with E-state index in [1.807, 2.05) is 30.5 Å². The topological polar surface area (TPSA) is 97.5 Å². The Morgan fingerprint density at radius 1 is 1.40 bits per heavy atom. The fourth-order valence-electron chi connectivity index (χ4n) is 3.28. The van der Waals surface area contributed by atoms with Crippen LogP contribution < -0.4 is 10.6 Å². The Morgan fingerprint density at radius 2 is 2.20 bits per heavy atom. The minimum atomic E-state index is -0.651. The van der Waals surface area contributed by atoms with Gasteiger partial charge in [0.05, 0.1) is 6.10 Å². The molecule has 0 bridgehead atoms. The van der Waals surface area contributed by atoms with Crippen molar-refractivity contribution in [1.29, 1.82) is 0 Å². The number of aliphatic hydroxyl groups is 1. The highest BCUT2D eigenvalue weighted by molar-refractivity contribution is 5.89. The molecule has 2 amide bonds. The maximum atomic E-state index is 13.0. The van der Waals surface area contributed by atoms with Crippen molar-refractivity contribution in [1.82, 2.24) is 20.5 Å². The van der Waals surface area contributed by atoms with E-state index in [2.05, 4.69) is 15.6 Å². The van der Waals surface area contributed by atoms with Gasteiger partial charge in [0.2, 0.25) is 11.8 Å². The lowest BCUT2D eigenvalue weighted by Gasteiger charge is -2.27. The van der Waals surface area contributed by atoms with Crippen LogP contribution in [0, 0.1) is 0 Å². The van der Waals surface area contributed by atoms with Crippen LogP contribution in [-0.4, -0.2) is 65.1 Å². The maximum Gasteiger partial charge on any atom is 0.245 e. The van der Waals surface area contributed by atoms with Crippen LogP contribution >= 0.6 is 0 Å². The number of H-pyrrole nitrogens is 1. The lowest BCUT2D eigenvalue weighted by atomic mass is 10.0. The standard InChI is InChI=1S/C18H24N4O3/c1-12(23)21-17(18(25)22-7-6-19-10-14(24)11-22)8-13-9-20-16-5-3-2-4-15(13)16/h2-5,9,14,17,19-20,24H,6-8,10-11H2,1H3,(H,21,23). The van der Waals surface area contributed by atoms with Gasteiger partial charge < -0.3 is 25.6 Å². The van der Waals surface area contributed by atoms with Crippen molar-refractivity contribution in [2.24, 2.45) is 0 Å². The Hall–Kier alpha value is -2.38. The van der Waals surface area contributed by atoms with E-state index in [1.165, 1.54) is 6.92 Å². The molecular weight excluding hydrogens is 320 g/mol. The third-order valence-corrected chi connectivity index (χ3v) is 4.46. The summed E-state index contributed by atoms with van der Waals surface area (Å²) >= 11 is 0. The number of aromatic amines is 1. The fraction of sp³-hybridized carbons (Fsp3) is 0.444. The number of fused-ring (bicyclic) bond motifs is 1. The predicted molar refractivity (Wildman–Crippen MR) is 95.1 cm³/mol. The lowest BCUT2D eigenvalue weighted by molar-refractivity contribution is -0.136. The zero-order valence-corrected chi connectivity index (χ0v) is 14.3. The van der Waals surface area contributed by atoms with E-state index >= 15 is 0 Å². The van der Waals surface area contributed by atoms with Gasteiger partial charge in [-0.1, -0.05) is 18.2 Å². The zero-order chi connectivity index (χ0) is 17.8. The first-order chi connectivity index (χ1) is 12.0. The van der Waals surface area contributed by atoms with Crippen molar-refractivity contribution in [2.45, 2.75) is 25.5 Å². The van der Waals surface area contributed by atoms with Crippen molar-refractivity contribution in [3.05, 3.63) is 36.0 Å². The molecule has 1 saturated heterocycles. The highest BCUT2D eigenvalue weighted by Crippen LogP contribution is 2.19. The van der Waals surface area contributed by atoms with Gasteiger partial charge in [-0.25, -0.2) is 0 Å². The first kappa shape index (κ1) is 17.4. The lowest BCUT2D eigenvalue weighted by Crippen LogP contribution is -2.51. The molecule has 7 nitrogen and oxygen atoms in total. The third-order valence-electron chi connectivity index (χ3n) is 4.46. The summed E-state index contributed by atoms with van der Waals surface area (Å²) in [6, 6.07) is 7.22. The van der Waals surface area contributed by atoms with Crippen LogP contribution in [0.3, 0.4) is 0 Å². The van der Waals surface area contributed by atoms with Gasteiger partial charge in [-0.15, -0.1) is 0 Å². The highest BCUT2D eigenvalue weighted by atomic mass is 16.3. The number of hydrogen-bond acceptors (Lipinski definition) is 4. The Balaban J connectivity index is 1.81. The minimum Gasteiger partial charge on any atom is -0.390 e. The monoisotopic (exact) mass is 344 g/mol. The third kappa shape index (κ3) is 4.18. The van der Waals surface area contributed by atoms with Crippen LogP contribution in [0.15, 0.2) is 30.5 Å². The molecule has 1 aliphatic rings. The molecule has 4 N–H and O–H groups in total. The Morgan fingerprint density at radius 3 is 3.00 bits per heavy atom. The van der Waals surface area contributed by atoms with Crippen molar-refractivity contribution in [3.8, 4) is 0 Å². The van der Waals surface area contributed by atoms with Crippen LogP contribution in [0.2, 0.25) is 0 Å². The Bertz CT molecular complexity index is 758. The van der Waals surface area contributed by atoms with Gasteiger partial charge in [0.25, 0.3) is 0 Å². The molecule has 1 aromatic carbocycles. The van der Waals surface area contributed by atoms with Crippen molar-refractivity contribution in [3.63, 3.8) is 0 Å². The summed E-state index contributed by atoms with van der Waals surface area (Å²) < 4.78 is 0. The smallest absolute Gasteiger partial charge is 0.245 e. The first-order valence-electron chi connectivity index (χ1n) is 8.54. The molecule has 7 heteroatoms. The van der Waals surface area contributed by atoms with Crippen LogP contribution in [0.5, 0.6) is 0 Å². The molecule has 0 radical (unpaired) electrons. The predicted octanol–water partition coefficient (Wildman–Crippen LogP) is 0.00780. The largest absolute Gasteiger partial charge is 0.390 e. The number of nitrogens with zero attached hydrogens (tertiary/aromatic N) is 1. The molecule has 0 spiro atoms. The average Bonchev–Trinajstić information content (AvgIpc) is 2.86. The number of carbonyl (C=O) groups excluding carboxylic acids is 2. The number of β-amino-alcohol motifs (C(OH)–C–C–N with tert-alkyl or cyclic N) is 1. The van der Waals surface area contributed by atoms with Gasteiger partial charge in [0, 0.05) is 56.6 Å². The average molecular weight is 344 g/mol. The number of amides is 2. The molecule has 1 fully saturated rings. The second kappa shape index (κ2) is 7.67. The van der Waals surface area contributed by atoms with E-state index in [0.29, 0.717) is 26.1 Å². The van der Waals surface area contributed by atoms with Crippen molar-refractivity contribution in [2.75, 3.05) is 26.2 Å². The SMILES string of the molecule is CC(=O)NC(Cc1c[nH]c2ccccc12)C(=O)N1CCNCC(O)C1. The highest BCUT2D eigenvalue weighted by Gasteiger charge is 2.28. The van der Waals surface area contributed by atoms with E-state index < -0.39 is 12.1 Å². The van der Waals surface area contributed by atoms with Crippen LogP contribution in [0.4, 0.5) is 0 Å². The maximum absolute atomic E-state index is 13.0. The Kier molecular flexibility index (Phi) is 5.35. The molecule has 1 aliphatic heterocycles. The summed E-state index contributed by atoms with van der Waals surface area (Å²) in [6.45, 7) is 3.30. The van der Waals surface area contributed by atoms with E-state index in [-0.39, 0.29) is 18.4 Å². The molecule has 2 aromatic rings. The molecular formula is C18H24N4O3. The van der Waals surface area contributed by atoms with E-state index in [9.17, 15) is 14.7 Å². The number of nitrogens with one attached hydrogen (secondary N) is 3. The van der Waals surface area contributed by atoms with Gasteiger partial charge in [-0.2, -0.15) is 0 Å². The summed E-state index contributed by atoms with van der Waals surface area (Å²) in [6.07, 6.45) is 1.69. The molecule has 134 valence electrons. The molecule has 25 heavy (non-hydrogen) atoms. The van der Waals surface area contributed by atoms with E-state index in [1.54, 1.807) is 4.90 Å². The molecule has 0 aliphatic carbocycles. The van der Waals surface area contributed by atoms with E-state index in [4.69, 9.17) is 0 Å². The number of hydrogen-bond donors (Lipinski definition) is 4. The normalized spacial score (nSPS) is 19.4. The van der Waals surface area contributed by atoms with Gasteiger partial charge in [-0.05, 0) is 11.6 Å². The van der Waals surface area contributed by atoms with Gasteiger partial charge in [-0.3, -0.25) is 9.59 Å². The number of aromatic nitrogens is 1. The molecule has 2 atom stereocenters. The molecule has 1 aromatic heterocycles. The van der Waals surface area contributed by atoms with Crippen LogP contribution in [0.1, 0.15) is 12.5 Å². The van der Waals surface area contributed by atoms with Crippen LogP contribution in [0.25, 0.3) is 10.9 Å². The summed E-state index contributed by atoms with van der Waals surface area (Å²) in [4.78, 5) is 29.4. The summed E-state index contributed by atoms with van der Waals surface area (Å²) in [7, 11) is 0. The van der Waals surface area contributed by atoms with Crippen molar-refractivity contribution >= 4 is 22.7 Å². The minimum absolute atomic E-state index is 0.164. The molecule has 3 rings (SSSR count).